The van der Waals surface area contributed by atoms with Crippen molar-refractivity contribution in [3.05, 3.63) is 29.3 Å². The Morgan fingerprint density at radius 2 is 1.80 bits per heavy atom. The van der Waals surface area contributed by atoms with E-state index in [1.54, 1.807) is 18.2 Å². The van der Waals surface area contributed by atoms with Gasteiger partial charge in [-0.3, -0.25) is 14.5 Å². The van der Waals surface area contributed by atoms with Gasteiger partial charge < -0.3 is 10.6 Å². The van der Waals surface area contributed by atoms with Crippen molar-refractivity contribution in [1.82, 2.24) is 10.2 Å². The minimum atomic E-state index is -0.287. The predicted octanol–water partition coefficient (Wildman–Crippen LogP) is 3.39. The van der Waals surface area contributed by atoms with Crippen LogP contribution >= 0.6 is 0 Å². The van der Waals surface area contributed by atoms with Crippen LogP contribution in [0.3, 0.4) is 0 Å². The van der Waals surface area contributed by atoms with E-state index in [9.17, 15) is 14.4 Å². The van der Waals surface area contributed by atoms with E-state index in [2.05, 4.69) is 10.6 Å². The molecule has 1 saturated carbocycles. The number of hydrogen-bond donors (Lipinski definition) is 2. The number of hydrogen-bond acceptors (Lipinski definition) is 3. The van der Waals surface area contributed by atoms with Gasteiger partial charge in [-0.05, 0) is 37.0 Å². The zero-order valence-electron chi connectivity index (χ0n) is 14.8. The molecule has 3 rings (SSSR count). The first-order valence-electron chi connectivity index (χ1n) is 9.03. The molecule has 25 heavy (non-hydrogen) atoms. The number of rotatable bonds is 4. The molecule has 6 heteroatoms. The monoisotopic (exact) mass is 343 g/mol. The maximum atomic E-state index is 12.5. The molecule has 0 bridgehead atoms. The number of imide groups is 1. The predicted molar refractivity (Wildman–Crippen MR) is 95.7 cm³/mol. The lowest BCUT2D eigenvalue weighted by molar-refractivity contribution is 0.0636. The molecular weight excluding hydrogens is 318 g/mol. The SMILES string of the molecule is CC(C)CN1C(=O)c2ccc(NC(=O)NC3CCCCC3)cc2C1=O. The summed E-state index contributed by atoms with van der Waals surface area (Å²) in [5, 5.41) is 5.76. The molecule has 0 atom stereocenters. The normalized spacial score (nSPS) is 17.8. The average molecular weight is 343 g/mol. The minimum Gasteiger partial charge on any atom is -0.335 e. The summed E-state index contributed by atoms with van der Waals surface area (Å²) < 4.78 is 0. The average Bonchev–Trinajstić information content (AvgIpc) is 2.80. The zero-order chi connectivity index (χ0) is 18.0. The van der Waals surface area contributed by atoms with Crippen LogP contribution in [0.1, 0.15) is 66.7 Å². The highest BCUT2D eigenvalue weighted by molar-refractivity contribution is 6.21. The van der Waals surface area contributed by atoms with E-state index in [4.69, 9.17) is 0 Å². The summed E-state index contributed by atoms with van der Waals surface area (Å²) in [6.07, 6.45) is 5.54. The van der Waals surface area contributed by atoms with Crippen molar-refractivity contribution in [1.29, 1.82) is 0 Å². The van der Waals surface area contributed by atoms with Gasteiger partial charge in [-0.25, -0.2) is 4.79 Å². The lowest BCUT2D eigenvalue weighted by atomic mass is 9.96. The molecule has 0 saturated heterocycles. The third kappa shape index (κ3) is 3.83. The highest BCUT2D eigenvalue weighted by Gasteiger charge is 2.35. The van der Waals surface area contributed by atoms with Crippen molar-refractivity contribution in [3.63, 3.8) is 0 Å². The maximum absolute atomic E-state index is 12.5. The van der Waals surface area contributed by atoms with E-state index in [1.807, 2.05) is 13.8 Å². The van der Waals surface area contributed by atoms with Crippen LogP contribution in [0.15, 0.2) is 18.2 Å². The fourth-order valence-electron chi connectivity index (χ4n) is 3.50. The summed E-state index contributed by atoms with van der Waals surface area (Å²) >= 11 is 0. The van der Waals surface area contributed by atoms with Gasteiger partial charge in [-0.1, -0.05) is 33.1 Å². The van der Waals surface area contributed by atoms with Gasteiger partial charge in [0.15, 0.2) is 0 Å². The summed E-state index contributed by atoms with van der Waals surface area (Å²) in [6.45, 7) is 4.33. The standard InChI is InChI=1S/C19H25N3O3/c1-12(2)11-22-17(23)15-9-8-14(10-16(15)18(22)24)21-19(25)20-13-6-4-3-5-7-13/h8-10,12-13H,3-7,11H2,1-2H3,(H2,20,21,25). The Morgan fingerprint density at radius 3 is 2.48 bits per heavy atom. The molecule has 0 aromatic heterocycles. The summed E-state index contributed by atoms with van der Waals surface area (Å²) in [6, 6.07) is 4.83. The highest BCUT2D eigenvalue weighted by Crippen LogP contribution is 2.26. The zero-order valence-corrected chi connectivity index (χ0v) is 14.8. The Labute approximate surface area is 148 Å². The van der Waals surface area contributed by atoms with Crippen LogP contribution in [-0.4, -0.2) is 35.3 Å². The van der Waals surface area contributed by atoms with Gasteiger partial charge in [0.05, 0.1) is 11.1 Å². The molecule has 0 radical (unpaired) electrons. The summed E-state index contributed by atoms with van der Waals surface area (Å²) in [4.78, 5) is 38.2. The molecule has 1 aromatic rings. The third-order valence-corrected chi connectivity index (χ3v) is 4.72. The molecule has 6 nitrogen and oxygen atoms in total. The number of nitrogens with zero attached hydrogens (tertiary/aromatic N) is 1. The highest BCUT2D eigenvalue weighted by atomic mass is 16.2. The first-order chi connectivity index (χ1) is 12.0. The number of amides is 4. The largest absolute Gasteiger partial charge is 0.335 e. The van der Waals surface area contributed by atoms with Crippen molar-refractivity contribution < 1.29 is 14.4 Å². The summed E-state index contributed by atoms with van der Waals surface area (Å²) in [5.41, 5.74) is 1.30. The number of urea groups is 1. The van der Waals surface area contributed by atoms with Gasteiger partial charge in [-0.15, -0.1) is 0 Å². The Hall–Kier alpha value is -2.37. The van der Waals surface area contributed by atoms with Crippen molar-refractivity contribution in [2.24, 2.45) is 5.92 Å². The fraction of sp³-hybridized carbons (Fsp3) is 0.526. The lowest BCUT2D eigenvalue weighted by Gasteiger charge is -2.22. The van der Waals surface area contributed by atoms with E-state index in [0.717, 1.165) is 25.7 Å². The van der Waals surface area contributed by atoms with E-state index in [0.29, 0.717) is 23.4 Å². The number of carbonyl (C=O) groups excluding carboxylic acids is 3. The van der Waals surface area contributed by atoms with Crippen molar-refractivity contribution >= 4 is 23.5 Å². The molecule has 2 aliphatic rings. The number of fused-ring (bicyclic) bond motifs is 1. The number of carbonyl (C=O) groups is 3. The molecule has 0 spiro atoms. The Bertz CT molecular complexity index is 693. The third-order valence-electron chi connectivity index (χ3n) is 4.72. The molecular formula is C19H25N3O3. The van der Waals surface area contributed by atoms with Crippen LogP contribution in [0.4, 0.5) is 10.5 Å². The van der Waals surface area contributed by atoms with Gasteiger partial charge in [0, 0.05) is 18.3 Å². The molecule has 1 aromatic carbocycles. The van der Waals surface area contributed by atoms with E-state index in [-0.39, 0.29) is 29.8 Å². The molecule has 134 valence electrons. The Morgan fingerprint density at radius 1 is 1.12 bits per heavy atom. The van der Waals surface area contributed by atoms with Gasteiger partial charge in [0.1, 0.15) is 0 Å². The molecule has 1 heterocycles. The van der Waals surface area contributed by atoms with Crippen molar-refractivity contribution in [2.45, 2.75) is 52.0 Å². The summed E-state index contributed by atoms with van der Waals surface area (Å²) in [5.74, 6) is -0.335. The second-order valence-corrected chi connectivity index (χ2v) is 7.31. The van der Waals surface area contributed by atoms with Gasteiger partial charge >= 0.3 is 6.03 Å². The molecule has 1 aliphatic heterocycles. The fourth-order valence-corrected chi connectivity index (χ4v) is 3.50. The van der Waals surface area contributed by atoms with Crippen LogP contribution in [0, 0.1) is 5.92 Å². The Kier molecular flexibility index (Phi) is 5.06. The lowest BCUT2D eigenvalue weighted by Crippen LogP contribution is -2.39. The van der Waals surface area contributed by atoms with E-state index >= 15 is 0 Å². The first-order valence-corrected chi connectivity index (χ1v) is 9.03. The Balaban J connectivity index is 1.68. The van der Waals surface area contributed by atoms with Crippen LogP contribution in [0.2, 0.25) is 0 Å². The molecule has 4 amide bonds. The second kappa shape index (κ2) is 7.25. The van der Waals surface area contributed by atoms with Crippen molar-refractivity contribution in [3.8, 4) is 0 Å². The number of nitrogens with one attached hydrogen (secondary N) is 2. The minimum absolute atomic E-state index is 0.209. The van der Waals surface area contributed by atoms with Crippen LogP contribution in [-0.2, 0) is 0 Å². The van der Waals surface area contributed by atoms with Crippen molar-refractivity contribution in [2.75, 3.05) is 11.9 Å². The second-order valence-electron chi connectivity index (χ2n) is 7.31. The smallest absolute Gasteiger partial charge is 0.319 e. The van der Waals surface area contributed by atoms with Crippen LogP contribution in [0.5, 0.6) is 0 Å². The quantitative estimate of drug-likeness (QED) is 0.823. The topological polar surface area (TPSA) is 78.5 Å². The molecule has 1 aliphatic carbocycles. The van der Waals surface area contributed by atoms with E-state index < -0.39 is 0 Å². The number of benzene rings is 1. The first kappa shape index (κ1) is 17.5. The molecule has 2 N–H and O–H groups in total. The molecule has 1 fully saturated rings. The van der Waals surface area contributed by atoms with Crippen LogP contribution < -0.4 is 10.6 Å². The maximum Gasteiger partial charge on any atom is 0.319 e. The number of anilines is 1. The van der Waals surface area contributed by atoms with Gasteiger partial charge in [0.25, 0.3) is 11.8 Å². The van der Waals surface area contributed by atoms with Crippen LogP contribution in [0.25, 0.3) is 0 Å². The van der Waals surface area contributed by atoms with E-state index in [1.165, 1.54) is 11.3 Å². The van der Waals surface area contributed by atoms with Gasteiger partial charge in [-0.2, -0.15) is 0 Å². The van der Waals surface area contributed by atoms with Gasteiger partial charge in [0.2, 0.25) is 0 Å². The molecule has 0 unspecified atom stereocenters. The summed E-state index contributed by atoms with van der Waals surface area (Å²) in [7, 11) is 0.